The number of aromatic nitrogens is 1. The number of carbonyl (C=O) groups excluding carboxylic acids is 1. The average molecular weight is 221 g/mol. The number of aryl methyl sites for hydroxylation is 1. The standard InChI is InChI=1S/C12H19N3O/c1-9-4-11(7-14-6-9)12(16)15(3)8-10(2)5-13/h4,6-7,10H,5,8,13H2,1-3H3. The molecule has 0 saturated carbocycles. The highest BCUT2D eigenvalue weighted by Gasteiger charge is 2.13. The SMILES string of the molecule is Cc1cncc(C(=O)N(C)CC(C)CN)c1. The van der Waals surface area contributed by atoms with Gasteiger partial charge in [-0.05, 0) is 31.0 Å². The molecule has 1 atom stereocenters. The third-order valence-electron chi connectivity index (χ3n) is 2.46. The molecular weight excluding hydrogens is 202 g/mol. The summed E-state index contributed by atoms with van der Waals surface area (Å²) in [7, 11) is 1.79. The second kappa shape index (κ2) is 5.61. The van der Waals surface area contributed by atoms with Crippen LogP contribution in [0.25, 0.3) is 0 Å². The van der Waals surface area contributed by atoms with Crippen LogP contribution in [0.3, 0.4) is 0 Å². The van der Waals surface area contributed by atoms with Crippen LogP contribution < -0.4 is 5.73 Å². The van der Waals surface area contributed by atoms with Gasteiger partial charge in [0.15, 0.2) is 0 Å². The van der Waals surface area contributed by atoms with Gasteiger partial charge in [-0.3, -0.25) is 9.78 Å². The first-order valence-electron chi connectivity index (χ1n) is 5.41. The Bertz CT molecular complexity index is 365. The molecule has 0 aliphatic heterocycles. The van der Waals surface area contributed by atoms with Crippen LogP contribution in [-0.4, -0.2) is 35.9 Å². The fraction of sp³-hybridized carbons (Fsp3) is 0.500. The average Bonchev–Trinajstić information content (AvgIpc) is 2.27. The summed E-state index contributed by atoms with van der Waals surface area (Å²) in [6, 6.07) is 1.85. The molecule has 1 amide bonds. The Balaban J connectivity index is 2.70. The molecule has 1 rings (SSSR count). The molecule has 0 aliphatic rings. The normalized spacial score (nSPS) is 12.2. The van der Waals surface area contributed by atoms with E-state index in [9.17, 15) is 4.79 Å². The van der Waals surface area contributed by atoms with Crippen molar-refractivity contribution in [2.75, 3.05) is 20.1 Å². The molecule has 0 aromatic carbocycles. The minimum atomic E-state index is -0.00324. The molecule has 1 aromatic heterocycles. The van der Waals surface area contributed by atoms with Gasteiger partial charge in [-0.1, -0.05) is 6.92 Å². The van der Waals surface area contributed by atoms with E-state index in [1.54, 1.807) is 24.3 Å². The van der Waals surface area contributed by atoms with Crippen LogP contribution in [0.1, 0.15) is 22.8 Å². The van der Waals surface area contributed by atoms with E-state index in [-0.39, 0.29) is 5.91 Å². The maximum Gasteiger partial charge on any atom is 0.255 e. The Kier molecular flexibility index (Phi) is 4.43. The molecule has 2 N–H and O–H groups in total. The summed E-state index contributed by atoms with van der Waals surface area (Å²) in [5.74, 6) is 0.309. The molecule has 4 nitrogen and oxygen atoms in total. The van der Waals surface area contributed by atoms with Crippen molar-refractivity contribution in [3.8, 4) is 0 Å². The number of nitrogens with zero attached hydrogens (tertiary/aromatic N) is 2. The van der Waals surface area contributed by atoms with Gasteiger partial charge in [0.05, 0.1) is 5.56 Å². The van der Waals surface area contributed by atoms with Gasteiger partial charge < -0.3 is 10.6 Å². The first kappa shape index (κ1) is 12.6. The fourth-order valence-electron chi connectivity index (χ4n) is 1.52. The summed E-state index contributed by atoms with van der Waals surface area (Å²) in [4.78, 5) is 17.7. The molecule has 0 spiro atoms. The number of amides is 1. The van der Waals surface area contributed by atoms with Crippen molar-refractivity contribution < 1.29 is 4.79 Å². The minimum Gasteiger partial charge on any atom is -0.341 e. The zero-order valence-electron chi connectivity index (χ0n) is 10.1. The third kappa shape index (κ3) is 3.31. The predicted molar refractivity (Wildman–Crippen MR) is 64.2 cm³/mol. The molecular formula is C12H19N3O. The van der Waals surface area contributed by atoms with Crippen molar-refractivity contribution in [1.29, 1.82) is 0 Å². The van der Waals surface area contributed by atoms with Crippen LogP contribution >= 0.6 is 0 Å². The third-order valence-corrected chi connectivity index (χ3v) is 2.46. The topological polar surface area (TPSA) is 59.2 Å². The lowest BCUT2D eigenvalue weighted by atomic mass is 10.1. The number of carbonyl (C=O) groups is 1. The zero-order chi connectivity index (χ0) is 12.1. The van der Waals surface area contributed by atoms with E-state index in [0.29, 0.717) is 24.6 Å². The van der Waals surface area contributed by atoms with E-state index >= 15 is 0 Å². The van der Waals surface area contributed by atoms with Crippen LogP contribution in [-0.2, 0) is 0 Å². The van der Waals surface area contributed by atoms with Gasteiger partial charge in [-0.15, -0.1) is 0 Å². The van der Waals surface area contributed by atoms with Crippen LogP contribution in [0.4, 0.5) is 0 Å². The molecule has 1 aromatic rings. The van der Waals surface area contributed by atoms with Crippen LogP contribution in [0, 0.1) is 12.8 Å². The second-order valence-corrected chi connectivity index (χ2v) is 4.28. The lowest BCUT2D eigenvalue weighted by molar-refractivity contribution is 0.0777. The lowest BCUT2D eigenvalue weighted by Gasteiger charge is -2.20. The molecule has 88 valence electrons. The second-order valence-electron chi connectivity index (χ2n) is 4.28. The molecule has 1 heterocycles. The first-order chi connectivity index (χ1) is 7.54. The van der Waals surface area contributed by atoms with E-state index in [1.807, 2.05) is 19.9 Å². The molecule has 1 unspecified atom stereocenters. The van der Waals surface area contributed by atoms with E-state index in [1.165, 1.54) is 0 Å². The Morgan fingerprint density at radius 2 is 2.25 bits per heavy atom. The summed E-state index contributed by atoms with van der Waals surface area (Å²) < 4.78 is 0. The summed E-state index contributed by atoms with van der Waals surface area (Å²) in [6.45, 7) is 5.21. The Morgan fingerprint density at radius 3 is 2.81 bits per heavy atom. The number of nitrogens with two attached hydrogens (primary N) is 1. The largest absolute Gasteiger partial charge is 0.341 e. The van der Waals surface area contributed by atoms with Gasteiger partial charge in [0.2, 0.25) is 0 Å². The highest BCUT2D eigenvalue weighted by molar-refractivity contribution is 5.93. The van der Waals surface area contributed by atoms with Crippen LogP contribution in [0.5, 0.6) is 0 Å². The quantitative estimate of drug-likeness (QED) is 0.827. The summed E-state index contributed by atoms with van der Waals surface area (Å²) in [6.07, 6.45) is 3.33. The van der Waals surface area contributed by atoms with Gasteiger partial charge in [0.25, 0.3) is 5.91 Å². The number of rotatable bonds is 4. The van der Waals surface area contributed by atoms with E-state index in [2.05, 4.69) is 4.98 Å². The Hall–Kier alpha value is -1.42. The number of pyridine rings is 1. The molecule has 0 radical (unpaired) electrons. The number of hydrogen-bond acceptors (Lipinski definition) is 3. The van der Waals surface area contributed by atoms with E-state index in [0.717, 1.165) is 5.56 Å². The highest BCUT2D eigenvalue weighted by atomic mass is 16.2. The first-order valence-corrected chi connectivity index (χ1v) is 5.41. The van der Waals surface area contributed by atoms with Crippen LogP contribution in [0.2, 0.25) is 0 Å². The molecule has 0 bridgehead atoms. The van der Waals surface area contributed by atoms with E-state index in [4.69, 9.17) is 5.73 Å². The van der Waals surface area contributed by atoms with E-state index < -0.39 is 0 Å². The van der Waals surface area contributed by atoms with Gasteiger partial charge >= 0.3 is 0 Å². The zero-order valence-corrected chi connectivity index (χ0v) is 10.1. The summed E-state index contributed by atoms with van der Waals surface area (Å²) in [5.41, 5.74) is 7.16. The monoisotopic (exact) mass is 221 g/mol. The van der Waals surface area contributed by atoms with Crippen molar-refractivity contribution in [2.24, 2.45) is 11.7 Å². The molecule has 4 heteroatoms. The maximum absolute atomic E-state index is 12.0. The Labute approximate surface area is 96.5 Å². The van der Waals surface area contributed by atoms with Gasteiger partial charge in [0, 0.05) is 26.0 Å². The van der Waals surface area contributed by atoms with Crippen molar-refractivity contribution in [2.45, 2.75) is 13.8 Å². The summed E-state index contributed by atoms with van der Waals surface area (Å²) in [5, 5.41) is 0. The fourth-order valence-corrected chi connectivity index (χ4v) is 1.52. The number of hydrogen-bond donors (Lipinski definition) is 1. The van der Waals surface area contributed by atoms with Crippen molar-refractivity contribution >= 4 is 5.91 Å². The minimum absolute atomic E-state index is 0.00324. The molecule has 0 fully saturated rings. The predicted octanol–water partition coefficient (Wildman–Crippen LogP) is 1.06. The van der Waals surface area contributed by atoms with Gasteiger partial charge in [0.1, 0.15) is 0 Å². The van der Waals surface area contributed by atoms with Gasteiger partial charge in [-0.2, -0.15) is 0 Å². The molecule has 0 saturated heterocycles. The Morgan fingerprint density at radius 1 is 1.56 bits per heavy atom. The van der Waals surface area contributed by atoms with Crippen molar-refractivity contribution in [1.82, 2.24) is 9.88 Å². The van der Waals surface area contributed by atoms with Gasteiger partial charge in [-0.25, -0.2) is 0 Å². The molecule has 0 aliphatic carbocycles. The van der Waals surface area contributed by atoms with Crippen molar-refractivity contribution in [3.05, 3.63) is 29.6 Å². The highest BCUT2D eigenvalue weighted by Crippen LogP contribution is 2.06. The lowest BCUT2D eigenvalue weighted by Crippen LogP contribution is -2.33. The van der Waals surface area contributed by atoms with Crippen LogP contribution in [0.15, 0.2) is 18.5 Å². The summed E-state index contributed by atoms with van der Waals surface area (Å²) >= 11 is 0. The molecule has 16 heavy (non-hydrogen) atoms. The maximum atomic E-state index is 12.0. The van der Waals surface area contributed by atoms with Crippen molar-refractivity contribution in [3.63, 3.8) is 0 Å². The smallest absolute Gasteiger partial charge is 0.255 e.